The summed E-state index contributed by atoms with van der Waals surface area (Å²) in [7, 11) is 0. The number of aromatic nitrogens is 3. The number of amides is 1. The van der Waals surface area contributed by atoms with Crippen LogP contribution in [0.15, 0.2) is 35.3 Å². The quantitative estimate of drug-likeness (QED) is 0.684. The van der Waals surface area contributed by atoms with Crippen molar-refractivity contribution < 1.29 is 9.53 Å². The molecule has 7 heteroatoms. The molecule has 0 radical (unpaired) electrons. The average molecular weight is 372 g/mol. The Hall–Kier alpha value is -2.83. The Morgan fingerprint density at radius 3 is 2.56 bits per heavy atom. The second kappa shape index (κ2) is 8.70. The first-order valence-electron chi connectivity index (χ1n) is 9.29. The SMILES string of the molecule is CC.CC(C)(C)OC(=O)NCCCc1cn2c(=O)[nH]nc2c2ccccc12. The number of benzene rings is 1. The summed E-state index contributed by atoms with van der Waals surface area (Å²) in [6.45, 7) is 9.99. The highest BCUT2D eigenvalue weighted by molar-refractivity contribution is 5.95. The summed E-state index contributed by atoms with van der Waals surface area (Å²) in [4.78, 5) is 23.6. The van der Waals surface area contributed by atoms with E-state index in [4.69, 9.17) is 4.74 Å². The van der Waals surface area contributed by atoms with Gasteiger partial charge in [0.05, 0.1) is 0 Å². The number of pyridine rings is 1. The van der Waals surface area contributed by atoms with E-state index in [0.29, 0.717) is 12.2 Å². The van der Waals surface area contributed by atoms with Crippen LogP contribution in [0.2, 0.25) is 0 Å². The number of hydrogen-bond donors (Lipinski definition) is 2. The van der Waals surface area contributed by atoms with E-state index in [1.807, 2.05) is 65.1 Å². The molecule has 0 fully saturated rings. The molecule has 7 nitrogen and oxygen atoms in total. The van der Waals surface area contributed by atoms with Gasteiger partial charge in [0.15, 0.2) is 5.65 Å². The van der Waals surface area contributed by atoms with Crippen LogP contribution in [0.1, 0.15) is 46.6 Å². The fourth-order valence-corrected chi connectivity index (χ4v) is 2.78. The largest absolute Gasteiger partial charge is 0.444 e. The van der Waals surface area contributed by atoms with Crippen molar-refractivity contribution >= 4 is 22.5 Å². The monoisotopic (exact) mass is 372 g/mol. The average Bonchev–Trinajstić information content (AvgIpc) is 3.00. The standard InChI is InChI=1S/C18H22N4O3.C2H6/c1-18(2,3)25-17(24)19-10-6-7-12-11-22-15(20-21-16(22)23)14-9-5-4-8-13(12)14;1-2/h4-5,8-9,11H,6-7,10H2,1-3H3,(H,19,24)(H,21,23);1-2H3. The van der Waals surface area contributed by atoms with Crippen molar-refractivity contribution in [2.24, 2.45) is 0 Å². The maximum Gasteiger partial charge on any atom is 0.407 e. The predicted molar refractivity (Wildman–Crippen MR) is 107 cm³/mol. The van der Waals surface area contributed by atoms with Crippen LogP contribution in [-0.4, -0.2) is 32.8 Å². The number of aryl methyl sites for hydroxylation is 1. The van der Waals surface area contributed by atoms with E-state index in [1.165, 1.54) is 4.40 Å². The Kier molecular flexibility index (Phi) is 6.60. The van der Waals surface area contributed by atoms with Crippen molar-refractivity contribution in [3.63, 3.8) is 0 Å². The zero-order valence-electron chi connectivity index (χ0n) is 16.6. The molecule has 3 rings (SSSR count). The second-order valence-electron chi connectivity index (χ2n) is 6.95. The number of H-pyrrole nitrogens is 1. The lowest BCUT2D eigenvalue weighted by Gasteiger charge is -2.19. The molecular weight excluding hydrogens is 344 g/mol. The first kappa shape index (κ1) is 20.5. The molecule has 2 N–H and O–H groups in total. The lowest BCUT2D eigenvalue weighted by molar-refractivity contribution is 0.0527. The topological polar surface area (TPSA) is 88.5 Å². The zero-order chi connectivity index (χ0) is 20.0. The highest BCUT2D eigenvalue weighted by atomic mass is 16.6. The number of nitrogens with one attached hydrogen (secondary N) is 2. The van der Waals surface area contributed by atoms with Gasteiger partial charge in [0, 0.05) is 18.1 Å². The Bertz CT molecular complexity index is 967. The molecule has 0 atom stereocenters. The van der Waals surface area contributed by atoms with Crippen LogP contribution in [0.25, 0.3) is 16.4 Å². The van der Waals surface area contributed by atoms with E-state index >= 15 is 0 Å². The van der Waals surface area contributed by atoms with Crippen molar-refractivity contribution in [1.29, 1.82) is 0 Å². The van der Waals surface area contributed by atoms with Crippen LogP contribution in [0, 0.1) is 0 Å². The van der Waals surface area contributed by atoms with Gasteiger partial charge in [-0.1, -0.05) is 38.1 Å². The molecule has 0 saturated heterocycles. The van der Waals surface area contributed by atoms with E-state index in [1.54, 1.807) is 0 Å². The maximum absolute atomic E-state index is 11.9. The highest BCUT2D eigenvalue weighted by Crippen LogP contribution is 2.22. The number of carbonyl (C=O) groups excluding carboxylic acids is 1. The van der Waals surface area contributed by atoms with E-state index in [0.717, 1.165) is 29.2 Å². The van der Waals surface area contributed by atoms with Gasteiger partial charge in [-0.3, -0.25) is 0 Å². The summed E-state index contributed by atoms with van der Waals surface area (Å²) in [5, 5.41) is 11.3. The van der Waals surface area contributed by atoms with Gasteiger partial charge >= 0.3 is 11.8 Å². The highest BCUT2D eigenvalue weighted by Gasteiger charge is 2.15. The summed E-state index contributed by atoms with van der Waals surface area (Å²) in [5.74, 6) is 0. The number of nitrogens with zero attached hydrogens (tertiary/aromatic N) is 2. The molecule has 0 aliphatic rings. The molecule has 1 aromatic carbocycles. The van der Waals surface area contributed by atoms with Gasteiger partial charge in [-0.15, -0.1) is 0 Å². The molecule has 146 valence electrons. The van der Waals surface area contributed by atoms with Gasteiger partial charge in [0.1, 0.15) is 5.60 Å². The van der Waals surface area contributed by atoms with Crippen LogP contribution in [-0.2, 0) is 11.2 Å². The van der Waals surface area contributed by atoms with Gasteiger partial charge in [-0.25, -0.2) is 19.1 Å². The Morgan fingerprint density at radius 1 is 1.22 bits per heavy atom. The molecule has 1 amide bonds. The van der Waals surface area contributed by atoms with E-state index < -0.39 is 11.7 Å². The lowest BCUT2D eigenvalue weighted by atomic mass is 10.0. The zero-order valence-corrected chi connectivity index (χ0v) is 16.6. The summed E-state index contributed by atoms with van der Waals surface area (Å²) < 4.78 is 6.74. The number of carbonyl (C=O) groups is 1. The Balaban J connectivity index is 0.00000126. The number of aromatic amines is 1. The third kappa shape index (κ3) is 5.09. The van der Waals surface area contributed by atoms with Crippen LogP contribution in [0.4, 0.5) is 4.79 Å². The van der Waals surface area contributed by atoms with E-state index in [9.17, 15) is 9.59 Å². The van der Waals surface area contributed by atoms with Crippen molar-refractivity contribution in [2.75, 3.05) is 6.54 Å². The number of hydrogen-bond acceptors (Lipinski definition) is 4. The molecule has 27 heavy (non-hydrogen) atoms. The first-order valence-corrected chi connectivity index (χ1v) is 9.29. The maximum atomic E-state index is 11.9. The summed E-state index contributed by atoms with van der Waals surface area (Å²) >= 11 is 0. The first-order chi connectivity index (χ1) is 12.8. The fraction of sp³-hybridized carbons (Fsp3) is 0.450. The minimum atomic E-state index is -0.506. The van der Waals surface area contributed by atoms with Gasteiger partial charge in [0.2, 0.25) is 0 Å². The summed E-state index contributed by atoms with van der Waals surface area (Å²) in [6, 6.07) is 7.86. The van der Waals surface area contributed by atoms with Gasteiger partial charge in [-0.2, -0.15) is 5.10 Å². The number of fused-ring (bicyclic) bond motifs is 3. The Morgan fingerprint density at radius 2 is 1.89 bits per heavy atom. The number of ether oxygens (including phenoxy) is 1. The molecule has 0 spiro atoms. The van der Waals surface area contributed by atoms with Crippen molar-refractivity contribution in [3.8, 4) is 0 Å². The molecule has 0 bridgehead atoms. The second-order valence-corrected chi connectivity index (χ2v) is 6.95. The van der Waals surface area contributed by atoms with Crippen molar-refractivity contribution in [3.05, 3.63) is 46.5 Å². The number of rotatable bonds is 4. The predicted octanol–water partition coefficient (Wildman–Crippen LogP) is 3.66. The van der Waals surface area contributed by atoms with Crippen molar-refractivity contribution in [2.45, 2.75) is 53.1 Å². The molecule has 0 aliphatic carbocycles. The Labute approximate surface area is 158 Å². The van der Waals surface area contributed by atoms with Crippen LogP contribution < -0.4 is 11.0 Å². The molecule has 0 unspecified atom stereocenters. The van der Waals surface area contributed by atoms with Crippen molar-refractivity contribution in [1.82, 2.24) is 19.9 Å². The van der Waals surface area contributed by atoms with Crippen LogP contribution in [0.5, 0.6) is 0 Å². The van der Waals surface area contributed by atoms with E-state index in [2.05, 4.69) is 15.5 Å². The summed E-state index contributed by atoms with van der Waals surface area (Å²) in [5.41, 5.74) is 0.899. The van der Waals surface area contributed by atoms with Gasteiger partial charge in [0.25, 0.3) is 0 Å². The minimum Gasteiger partial charge on any atom is -0.444 e. The molecule has 2 heterocycles. The molecule has 0 aliphatic heterocycles. The summed E-state index contributed by atoms with van der Waals surface area (Å²) in [6.07, 6.45) is 2.86. The minimum absolute atomic E-state index is 0.256. The normalized spacial score (nSPS) is 11.1. The molecule has 0 saturated carbocycles. The smallest absolute Gasteiger partial charge is 0.407 e. The van der Waals surface area contributed by atoms with Gasteiger partial charge in [-0.05, 0) is 44.6 Å². The lowest BCUT2D eigenvalue weighted by Crippen LogP contribution is -2.33. The third-order valence-corrected chi connectivity index (χ3v) is 3.79. The number of alkyl carbamates (subject to hydrolysis) is 1. The van der Waals surface area contributed by atoms with Crippen LogP contribution >= 0.6 is 0 Å². The van der Waals surface area contributed by atoms with Crippen LogP contribution in [0.3, 0.4) is 0 Å². The van der Waals surface area contributed by atoms with E-state index in [-0.39, 0.29) is 5.69 Å². The molecule has 3 aromatic rings. The third-order valence-electron chi connectivity index (χ3n) is 3.79. The molecular formula is C20H28N4O3. The van der Waals surface area contributed by atoms with Gasteiger partial charge < -0.3 is 10.1 Å². The molecule has 2 aromatic heterocycles. The fourth-order valence-electron chi connectivity index (χ4n) is 2.78.